The number of nitrogens with zero attached hydrogens (tertiary/aromatic N) is 1. The molecule has 1 amide bonds. The summed E-state index contributed by atoms with van der Waals surface area (Å²) in [6.07, 6.45) is 1.52. The minimum absolute atomic E-state index is 0.258. The number of anilines is 1. The van der Waals surface area contributed by atoms with Crippen LogP contribution in [0.1, 0.15) is 12.5 Å². The molecule has 7 nitrogen and oxygen atoms in total. The van der Waals surface area contributed by atoms with Gasteiger partial charge in [-0.3, -0.25) is 4.79 Å². The monoisotopic (exact) mass is 407 g/mol. The van der Waals surface area contributed by atoms with Crippen LogP contribution in [0.4, 0.5) is 5.69 Å². The SMILES string of the molecule is COc1cc(C=NNC(=O)C(C)Nc2ccc3ccccc3c2)cc(OC)c1OC. The first-order valence-electron chi connectivity index (χ1n) is 9.44. The van der Waals surface area contributed by atoms with Crippen LogP contribution >= 0.6 is 0 Å². The highest BCUT2D eigenvalue weighted by molar-refractivity contribution is 5.89. The van der Waals surface area contributed by atoms with Crippen molar-refractivity contribution in [3.8, 4) is 17.2 Å². The molecule has 0 spiro atoms. The molecule has 0 fully saturated rings. The third-order valence-electron chi connectivity index (χ3n) is 4.60. The van der Waals surface area contributed by atoms with E-state index in [4.69, 9.17) is 14.2 Å². The van der Waals surface area contributed by atoms with E-state index in [1.54, 1.807) is 33.3 Å². The Kier molecular flexibility index (Phi) is 6.75. The molecule has 2 N–H and O–H groups in total. The second-order valence-corrected chi connectivity index (χ2v) is 6.62. The van der Waals surface area contributed by atoms with E-state index in [-0.39, 0.29) is 5.91 Å². The number of ether oxygens (including phenoxy) is 3. The molecule has 30 heavy (non-hydrogen) atoms. The fourth-order valence-corrected chi connectivity index (χ4v) is 3.04. The summed E-state index contributed by atoms with van der Waals surface area (Å²) in [5, 5.41) is 9.49. The van der Waals surface area contributed by atoms with Gasteiger partial charge in [-0.2, -0.15) is 5.10 Å². The molecule has 156 valence electrons. The van der Waals surface area contributed by atoms with E-state index in [0.717, 1.165) is 16.5 Å². The van der Waals surface area contributed by atoms with E-state index < -0.39 is 6.04 Å². The number of hydrazone groups is 1. The van der Waals surface area contributed by atoms with Crippen molar-refractivity contribution < 1.29 is 19.0 Å². The van der Waals surface area contributed by atoms with Gasteiger partial charge in [-0.1, -0.05) is 30.3 Å². The molecule has 0 saturated carbocycles. The Balaban J connectivity index is 1.64. The number of amides is 1. The first kappa shape index (κ1) is 21.0. The van der Waals surface area contributed by atoms with E-state index in [1.807, 2.05) is 42.5 Å². The van der Waals surface area contributed by atoms with Gasteiger partial charge < -0.3 is 19.5 Å². The Morgan fingerprint density at radius 1 is 0.933 bits per heavy atom. The summed E-state index contributed by atoms with van der Waals surface area (Å²) in [7, 11) is 4.62. The number of methoxy groups -OCH3 is 3. The largest absolute Gasteiger partial charge is 0.493 e. The van der Waals surface area contributed by atoms with Gasteiger partial charge in [0.25, 0.3) is 5.91 Å². The molecule has 0 bridgehead atoms. The van der Waals surface area contributed by atoms with Gasteiger partial charge in [-0.05, 0) is 42.0 Å². The third kappa shape index (κ3) is 4.81. The number of carbonyl (C=O) groups is 1. The zero-order valence-electron chi connectivity index (χ0n) is 17.4. The normalized spacial score (nSPS) is 11.9. The van der Waals surface area contributed by atoms with E-state index in [9.17, 15) is 4.79 Å². The van der Waals surface area contributed by atoms with Crippen molar-refractivity contribution in [3.63, 3.8) is 0 Å². The zero-order chi connectivity index (χ0) is 21.5. The smallest absolute Gasteiger partial charge is 0.262 e. The quantitative estimate of drug-likeness (QED) is 0.438. The summed E-state index contributed by atoms with van der Waals surface area (Å²) in [5.41, 5.74) is 4.11. The van der Waals surface area contributed by atoms with Crippen LogP contribution in [0.3, 0.4) is 0 Å². The van der Waals surface area contributed by atoms with E-state index >= 15 is 0 Å². The second-order valence-electron chi connectivity index (χ2n) is 6.62. The van der Waals surface area contributed by atoms with Gasteiger partial charge in [0.15, 0.2) is 11.5 Å². The van der Waals surface area contributed by atoms with Crippen LogP contribution in [0.2, 0.25) is 0 Å². The highest BCUT2D eigenvalue weighted by Crippen LogP contribution is 2.37. The lowest BCUT2D eigenvalue weighted by atomic mass is 10.1. The van der Waals surface area contributed by atoms with Crippen molar-refractivity contribution >= 4 is 28.6 Å². The predicted molar refractivity (Wildman–Crippen MR) is 119 cm³/mol. The number of hydrogen-bond donors (Lipinski definition) is 2. The predicted octanol–water partition coefficient (Wildman–Crippen LogP) is 3.82. The Morgan fingerprint density at radius 3 is 2.23 bits per heavy atom. The standard InChI is InChI=1S/C23H25N3O4/c1-15(25-19-10-9-17-7-5-6-8-18(17)13-19)23(27)26-24-14-16-11-20(28-2)22(30-4)21(12-16)29-3/h5-15,25H,1-4H3,(H,26,27). The molecular weight excluding hydrogens is 382 g/mol. The lowest BCUT2D eigenvalue weighted by molar-refractivity contribution is -0.121. The molecular formula is C23H25N3O4. The Labute approximate surface area is 175 Å². The number of benzene rings is 3. The Hall–Kier alpha value is -3.74. The van der Waals surface area contributed by atoms with E-state index in [2.05, 4.69) is 15.8 Å². The lowest BCUT2D eigenvalue weighted by Gasteiger charge is -2.14. The maximum atomic E-state index is 12.4. The topological polar surface area (TPSA) is 81.2 Å². The summed E-state index contributed by atoms with van der Waals surface area (Å²) in [5.74, 6) is 1.26. The highest BCUT2D eigenvalue weighted by Gasteiger charge is 2.14. The average Bonchev–Trinajstić information content (AvgIpc) is 2.78. The van der Waals surface area contributed by atoms with Crippen LogP contribution in [0.5, 0.6) is 17.2 Å². The van der Waals surface area contributed by atoms with E-state index in [0.29, 0.717) is 22.8 Å². The molecule has 3 aromatic rings. The molecule has 0 saturated heterocycles. The summed E-state index contributed by atoms with van der Waals surface area (Å²) in [6.45, 7) is 1.78. The zero-order valence-corrected chi connectivity index (χ0v) is 17.4. The van der Waals surface area contributed by atoms with Gasteiger partial charge in [0.05, 0.1) is 27.5 Å². The molecule has 7 heteroatoms. The number of carbonyl (C=O) groups excluding carboxylic acids is 1. The van der Waals surface area contributed by atoms with Gasteiger partial charge >= 0.3 is 0 Å². The van der Waals surface area contributed by atoms with Crippen LogP contribution in [0.25, 0.3) is 10.8 Å². The summed E-state index contributed by atoms with van der Waals surface area (Å²) in [6, 6.07) is 17.1. The minimum atomic E-state index is -0.469. The van der Waals surface area contributed by atoms with Crippen molar-refractivity contribution in [3.05, 3.63) is 60.2 Å². The second kappa shape index (κ2) is 9.65. The molecule has 3 rings (SSSR count). The molecule has 0 aromatic heterocycles. The third-order valence-corrected chi connectivity index (χ3v) is 4.60. The van der Waals surface area contributed by atoms with Crippen LogP contribution in [-0.2, 0) is 4.79 Å². The first-order valence-corrected chi connectivity index (χ1v) is 9.44. The van der Waals surface area contributed by atoms with Crippen molar-refractivity contribution in [2.75, 3.05) is 26.6 Å². The maximum absolute atomic E-state index is 12.4. The number of hydrogen-bond acceptors (Lipinski definition) is 6. The number of nitrogens with one attached hydrogen (secondary N) is 2. The maximum Gasteiger partial charge on any atom is 0.262 e. The Bertz CT molecular complexity index is 1040. The van der Waals surface area contributed by atoms with Crippen molar-refractivity contribution in [1.29, 1.82) is 0 Å². The highest BCUT2D eigenvalue weighted by atomic mass is 16.5. The van der Waals surface area contributed by atoms with Crippen molar-refractivity contribution in [2.24, 2.45) is 5.10 Å². The fourth-order valence-electron chi connectivity index (χ4n) is 3.04. The molecule has 1 unspecified atom stereocenters. The van der Waals surface area contributed by atoms with Gasteiger partial charge in [-0.25, -0.2) is 5.43 Å². The first-order chi connectivity index (χ1) is 14.5. The van der Waals surface area contributed by atoms with E-state index in [1.165, 1.54) is 13.3 Å². The summed E-state index contributed by atoms with van der Waals surface area (Å²) in [4.78, 5) is 12.4. The number of rotatable bonds is 8. The average molecular weight is 407 g/mol. The number of fused-ring (bicyclic) bond motifs is 1. The molecule has 0 aliphatic rings. The molecule has 1 atom stereocenters. The summed E-state index contributed by atoms with van der Waals surface area (Å²) < 4.78 is 15.9. The minimum Gasteiger partial charge on any atom is -0.493 e. The molecule has 0 aliphatic carbocycles. The van der Waals surface area contributed by atoms with Gasteiger partial charge in [-0.15, -0.1) is 0 Å². The van der Waals surface area contributed by atoms with Gasteiger partial charge in [0, 0.05) is 11.3 Å². The Morgan fingerprint density at radius 2 is 1.60 bits per heavy atom. The van der Waals surface area contributed by atoms with Crippen LogP contribution in [-0.4, -0.2) is 39.5 Å². The fraction of sp³-hybridized carbons (Fsp3) is 0.217. The molecule has 0 radical (unpaired) electrons. The van der Waals surface area contributed by atoms with Crippen LogP contribution in [0.15, 0.2) is 59.7 Å². The van der Waals surface area contributed by atoms with Gasteiger partial charge in [0.2, 0.25) is 5.75 Å². The molecule has 0 heterocycles. The van der Waals surface area contributed by atoms with Crippen molar-refractivity contribution in [1.82, 2.24) is 5.43 Å². The van der Waals surface area contributed by atoms with Crippen molar-refractivity contribution in [2.45, 2.75) is 13.0 Å². The van der Waals surface area contributed by atoms with Crippen LogP contribution < -0.4 is 25.0 Å². The van der Waals surface area contributed by atoms with Crippen LogP contribution in [0, 0.1) is 0 Å². The summed E-state index contributed by atoms with van der Waals surface area (Å²) >= 11 is 0. The van der Waals surface area contributed by atoms with Gasteiger partial charge in [0.1, 0.15) is 6.04 Å². The lowest BCUT2D eigenvalue weighted by Crippen LogP contribution is -2.34. The molecule has 0 aliphatic heterocycles. The molecule has 3 aromatic carbocycles.